The normalized spacial score (nSPS) is 20.7. The van der Waals surface area contributed by atoms with E-state index in [1.807, 2.05) is 0 Å². The first-order chi connectivity index (χ1) is 9.97. The van der Waals surface area contributed by atoms with Gasteiger partial charge in [0.05, 0.1) is 0 Å². The third-order valence-electron chi connectivity index (χ3n) is 3.32. The van der Waals surface area contributed by atoms with Crippen LogP contribution in [0.1, 0.15) is 22.0 Å². The molecular weight excluding hydrogens is 276 g/mol. The fourth-order valence-corrected chi connectivity index (χ4v) is 2.37. The van der Waals surface area contributed by atoms with Gasteiger partial charge < -0.3 is 25.2 Å². The monoisotopic (exact) mass is 288 g/mol. The summed E-state index contributed by atoms with van der Waals surface area (Å²) in [4.78, 5) is 12.2. The number of hydrogen-bond donors (Lipinski definition) is 4. The molecule has 0 aromatic heterocycles. The number of phenols is 3. The summed E-state index contributed by atoms with van der Waals surface area (Å²) in [6.45, 7) is 0. The van der Waals surface area contributed by atoms with E-state index in [1.54, 1.807) is 12.1 Å². The van der Waals surface area contributed by atoms with Crippen molar-refractivity contribution in [1.29, 1.82) is 0 Å². The largest absolute Gasteiger partial charge is 0.508 e. The lowest BCUT2D eigenvalue weighted by atomic mass is 9.93. The maximum Gasteiger partial charge on any atom is 0.202 e. The number of hydrogen-bond acceptors (Lipinski definition) is 6. The average Bonchev–Trinajstić information content (AvgIpc) is 2.42. The number of phenolic OH excluding ortho intramolecular Hbond substituents is 3. The van der Waals surface area contributed by atoms with E-state index in [2.05, 4.69) is 0 Å². The Hall–Kier alpha value is -2.73. The van der Waals surface area contributed by atoms with Gasteiger partial charge in [0.1, 0.15) is 28.6 Å². The minimum atomic E-state index is -1.52. The van der Waals surface area contributed by atoms with Crippen molar-refractivity contribution in [2.75, 3.05) is 0 Å². The van der Waals surface area contributed by atoms with E-state index in [0.717, 1.165) is 6.07 Å². The Morgan fingerprint density at radius 3 is 2.48 bits per heavy atom. The van der Waals surface area contributed by atoms with E-state index < -0.39 is 23.7 Å². The SMILES string of the molecule is O=C1c2c(O)cc(O)cc2O[C@H](c2cccc(O)c2)[C@@H]1O. The number of carbonyl (C=O) groups is 1. The van der Waals surface area contributed by atoms with Crippen molar-refractivity contribution in [3.05, 3.63) is 47.5 Å². The van der Waals surface area contributed by atoms with Crippen molar-refractivity contribution in [1.82, 2.24) is 0 Å². The number of benzene rings is 2. The van der Waals surface area contributed by atoms with E-state index in [4.69, 9.17) is 4.74 Å². The van der Waals surface area contributed by atoms with Crippen LogP contribution in [0.4, 0.5) is 0 Å². The van der Waals surface area contributed by atoms with Crippen molar-refractivity contribution in [3.63, 3.8) is 0 Å². The summed E-state index contributed by atoms with van der Waals surface area (Å²) in [6.07, 6.45) is -2.55. The molecule has 0 amide bonds. The molecule has 6 nitrogen and oxygen atoms in total. The van der Waals surface area contributed by atoms with E-state index in [1.165, 1.54) is 18.2 Å². The van der Waals surface area contributed by atoms with Gasteiger partial charge in [-0.25, -0.2) is 0 Å². The van der Waals surface area contributed by atoms with Gasteiger partial charge in [-0.15, -0.1) is 0 Å². The third-order valence-corrected chi connectivity index (χ3v) is 3.32. The maximum absolute atomic E-state index is 12.2. The van der Waals surface area contributed by atoms with Crippen LogP contribution in [0.3, 0.4) is 0 Å². The molecule has 0 aliphatic carbocycles. The fourth-order valence-electron chi connectivity index (χ4n) is 2.37. The molecule has 1 aliphatic heterocycles. The molecular formula is C15H12O6. The molecule has 0 bridgehead atoms. The molecule has 6 heteroatoms. The van der Waals surface area contributed by atoms with Gasteiger partial charge in [0, 0.05) is 12.1 Å². The number of ether oxygens (including phenoxy) is 1. The number of carbonyl (C=O) groups excluding carboxylic acids is 1. The molecule has 0 saturated carbocycles. The second-order valence-electron chi connectivity index (χ2n) is 4.78. The number of aromatic hydroxyl groups is 3. The molecule has 0 saturated heterocycles. The van der Waals surface area contributed by atoms with Crippen molar-refractivity contribution < 1.29 is 30.0 Å². The molecule has 0 fully saturated rings. The van der Waals surface area contributed by atoms with E-state index in [-0.39, 0.29) is 22.8 Å². The number of aliphatic hydroxyl groups is 1. The quantitative estimate of drug-likeness (QED) is 0.633. The Morgan fingerprint density at radius 1 is 1.00 bits per heavy atom. The van der Waals surface area contributed by atoms with E-state index in [9.17, 15) is 25.2 Å². The zero-order chi connectivity index (χ0) is 15.1. The predicted molar refractivity (Wildman–Crippen MR) is 71.6 cm³/mol. The molecule has 2 atom stereocenters. The number of ketones is 1. The molecule has 108 valence electrons. The van der Waals surface area contributed by atoms with Crippen molar-refractivity contribution in [2.24, 2.45) is 0 Å². The zero-order valence-corrected chi connectivity index (χ0v) is 10.7. The highest BCUT2D eigenvalue weighted by Crippen LogP contribution is 2.41. The summed E-state index contributed by atoms with van der Waals surface area (Å²) in [5.74, 6) is -1.47. The minimum absolute atomic E-state index is 0.0175. The van der Waals surface area contributed by atoms with Crippen molar-refractivity contribution in [2.45, 2.75) is 12.2 Å². The average molecular weight is 288 g/mol. The number of fused-ring (bicyclic) bond motifs is 1. The molecule has 3 rings (SSSR count). The number of aliphatic hydroxyl groups excluding tert-OH is 1. The van der Waals surface area contributed by atoms with Crippen LogP contribution < -0.4 is 4.74 Å². The van der Waals surface area contributed by atoms with Crippen LogP contribution in [0.25, 0.3) is 0 Å². The van der Waals surface area contributed by atoms with Gasteiger partial charge in [0.25, 0.3) is 0 Å². The van der Waals surface area contributed by atoms with E-state index in [0.29, 0.717) is 5.56 Å². The summed E-state index contributed by atoms with van der Waals surface area (Å²) >= 11 is 0. The standard InChI is InChI=1S/C15H12O6/c16-8-3-1-2-7(4-8)15-14(20)13(19)12-10(18)5-9(17)6-11(12)21-15/h1-6,14-18,20H/t14-,15-/m1/s1. The van der Waals surface area contributed by atoms with Gasteiger partial charge in [-0.1, -0.05) is 12.1 Å². The Balaban J connectivity index is 2.09. The lowest BCUT2D eigenvalue weighted by Gasteiger charge is -2.30. The van der Waals surface area contributed by atoms with Gasteiger partial charge >= 0.3 is 0 Å². The highest BCUT2D eigenvalue weighted by Gasteiger charge is 2.39. The Kier molecular flexibility index (Phi) is 2.95. The van der Waals surface area contributed by atoms with Crippen molar-refractivity contribution in [3.8, 4) is 23.0 Å². The maximum atomic E-state index is 12.2. The second kappa shape index (κ2) is 4.68. The van der Waals surface area contributed by atoms with Crippen LogP contribution in [-0.2, 0) is 0 Å². The zero-order valence-electron chi connectivity index (χ0n) is 10.7. The molecule has 0 spiro atoms. The first kappa shape index (κ1) is 13.3. The first-order valence-corrected chi connectivity index (χ1v) is 6.21. The number of Topliss-reactive ketones (excluding diaryl/α,β-unsaturated/α-hetero) is 1. The van der Waals surface area contributed by atoms with E-state index >= 15 is 0 Å². The summed E-state index contributed by atoms with van der Waals surface area (Å²) in [5, 5.41) is 38.8. The summed E-state index contributed by atoms with van der Waals surface area (Å²) in [6, 6.07) is 8.16. The molecule has 0 radical (unpaired) electrons. The molecule has 21 heavy (non-hydrogen) atoms. The van der Waals surface area contributed by atoms with Crippen molar-refractivity contribution >= 4 is 5.78 Å². The molecule has 4 N–H and O–H groups in total. The summed E-state index contributed by atoms with van der Waals surface area (Å²) in [7, 11) is 0. The topological polar surface area (TPSA) is 107 Å². The Morgan fingerprint density at radius 2 is 1.76 bits per heavy atom. The smallest absolute Gasteiger partial charge is 0.202 e. The molecule has 2 aromatic rings. The van der Waals surface area contributed by atoms with Gasteiger partial charge in [-0.3, -0.25) is 4.79 Å². The van der Waals surface area contributed by atoms with Crippen LogP contribution >= 0.6 is 0 Å². The molecule has 1 aliphatic rings. The first-order valence-electron chi connectivity index (χ1n) is 6.21. The second-order valence-corrected chi connectivity index (χ2v) is 4.78. The molecule has 1 heterocycles. The Labute approximate surface area is 119 Å². The van der Waals surface area contributed by atoms with Gasteiger partial charge in [0.2, 0.25) is 5.78 Å². The van der Waals surface area contributed by atoms with Crippen LogP contribution in [0, 0.1) is 0 Å². The minimum Gasteiger partial charge on any atom is -0.508 e. The third kappa shape index (κ3) is 2.15. The van der Waals surface area contributed by atoms with Crippen LogP contribution in [0.15, 0.2) is 36.4 Å². The molecule has 0 unspecified atom stereocenters. The van der Waals surface area contributed by atoms with Crippen LogP contribution in [0.5, 0.6) is 23.0 Å². The van der Waals surface area contributed by atoms with Gasteiger partial charge in [-0.05, 0) is 17.7 Å². The van der Waals surface area contributed by atoms with Crippen LogP contribution in [0.2, 0.25) is 0 Å². The van der Waals surface area contributed by atoms with Gasteiger partial charge in [-0.2, -0.15) is 0 Å². The number of rotatable bonds is 1. The Bertz CT molecular complexity index is 724. The summed E-state index contributed by atoms with van der Waals surface area (Å²) < 4.78 is 5.52. The lowest BCUT2D eigenvalue weighted by Crippen LogP contribution is -2.36. The fraction of sp³-hybridized carbons (Fsp3) is 0.133. The van der Waals surface area contributed by atoms with Crippen LogP contribution in [-0.4, -0.2) is 32.3 Å². The lowest BCUT2D eigenvalue weighted by molar-refractivity contribution is 0.0210. The predicted octanol–water partition coefficient (Wildman–Crippen LogP) is 1.48. The summed E-state index contributed by atoms with van der Waals surface area (Å²) in [5.41, 5.74) is 0.237. The molecule has 2 aromatic carbocycles. The highest BCUT2D eigenvalue weighted by atomic mass is 16.5. The highest BCUT2D eigenvalue weighted by molar-refractivity contribution is 6.05. The van der Waals surface area contributed by atoms with Gasteiger partial charge in [0.15, 0.2) is 12.2 Å².